The first-order valence-corrected chi connectivity index (χ1v) is 8.50. The summed E-state index contributed by atoms with van der Waals surface area (Å²) in [6.07, 6.45) is 1.20. The van der Waals surface area contributed by atoms with E-state index in [0.29, 0.717) is 19.4 Å². The Kier molecular flexibility index (Phi) is 5.35. The van der Waals surface area contributed by atoms with Gasteiger partial charge in [-0.25, -0.2) is 4.98 Å². The summed E-state index contributed by atoms with van der Waals surface area (Å²) in [5, 5.41) is 6.10. The van der Waals surface area contributed by atoms with E-state index in [0.717, 1.165) is 16.3 Å². The molecule has 0 aliphatic heterocycles. The lowest BCUT2D eigenvalue weighted by Gasteiger charge is -2.14. The van der Waals surface area contributed by atoms with Crippen molar-refractivity contribution in [3.8, 4) is 0 Å². The normalized spacial score (nSPS) is 11.5. The second-order valence-corrected chi connectivity index (χ2v) is 7.58. The maximum Gasteiger partial charge on any atom is 0.220 e. The molecule has 4 heteroatoms. The second kappa shape index (κ2) is 7.05. The summed E-state index contributed by atoms with van der Waals surface area (Å²) in [6, 6.07) is 8.22. The lowest BCUT2D eigenvalue weighted by atomic mass is 9.93. The van der Waals surface area contributed by atoms with E-state index in [1.807, 2.05) is 12.1 Å². The number of hydrogen-bond acceptors (Lipinski definition) is 3. The van der Waals surface area contributed by atoms with Crippen molar-refractivity contribution in [1.29, 1.82) is 0 Å². The van der Waals surface area contributed by atoms with Crippen LogP contribution in [0, 0.1) is 6.92 Å². The van der Waals surface area contributed by atoms with E-state index < -0.39 is 0 Å². The molecule has 0 aliphatic rings. The van der Waals surface area contributed by atoms with E-state index in [1.165, 1.54) is 5.56 Å². The van der Waals surface area contributed by atoms with Crippen molar-refractivity contribution < 1.29 is 4.79 Å². The number of carbonyl (C=O) groups excluding carboxylic acids is 1. The SMILES string of the molecule is Cc1ccc(CNC(=O)CCc2nc(C(C)(C)C)cs2)cc1. The van der Waals surface area contributed by atoms with Crippen LogP contribution in [0.5, 0.6) is 0 Å². The molecule has 0 atom stereocenters. The van der Waals surface area contributed by atoms with E-state index in [4.69, 9.17) is 0 Å². The van der Waals surface area contributed by atoms with Crippen molar-refractivity contribution in [2.24, 2.45) is 0 Å². The standard InChI is InChI=1S/C18H24N2OS/c1-13-5-7-14(8-6-13)11-19-16(21)9-10-17-20-15(12-22-17)18(2,3)4/h5-8,12H,9-11H2,1-4H3,(H,19,21). The van der Waals surface area contributed by atoms with Crippen LogP contribution >= 0.6 is 11.3 Å². The summed E-state index contributed by atoms with van der Waals surface area (Å²) in [5.74, 6) is 0.0769. The van der Waals surface area contributed by atoms with Crippen LogP contribution in [-0.4, -0.2) is 10.9 Å². The quantitative estimate of drug-likeness (QED) is 0.906. The molecule has 0 bridgehead atoms. The van der Waals surface area contributed by atoms with Gasteiger partial charge in [-0.05, 0) is 12.5 Å². The summed E-state index contributed by atoms with van der Waals surface area (Å²) >= 11 is 1.64. The average Bonchev–Trinajstić information content (AvgIpc) is 2.93. The largest absolute Gasteiger partial charge is 0.352 e. The van der Waals surface area contributed by atoms with Gasteiger partial charge in [0.05, 0.1) is 10.7 Å². The Morgan fingerprint density at radius 2 is 1.91 bits per heavy atom. The molecule has 2 aromatic rings. The van der Waals surface area contributed by atoms with Crippen LogP contribution in [0.1, 0.15) is 49.0 Å². The molecule has 22 heavy (non-hydrogen) atoms. The first-order valence-electron chi connectivity index (χ1n) is 7.62. The third-order valence-corrected chi connectivity index (χ3v) is 4.40. The Labute approximate surface area is 136 Å². The lowest BCUT2D eigenvalue weighted by molar-refractivity contribution is -0.121. The fourth-order valence-electron chi connectivity index (χ4n) is 1.99. The van der Waals surface area contributed by atoms with Crippen LogP contribution < -0.4 is 5.32 Å². The molecule has 1 aromatic carbocycles. The minimum absolute atomic E-state index is 0.0719. The fourth-order valence-corrected chi connectivity index (χ4v) is 3.01. The van der Waals surface area contributed by atoms with Gasteiger partial charge in [0.25, 0.3) is 0 Å². The molecule has 0 saturated heterocycles. The highest BCUT2D eigenvalue weighted by Gasteiger charge is 2.17. The molecule has 0 radical (unpaired) electrons. The molecule has 0 saturated carbocycles. The number of amides is 1. The first-order chi connectivity index (χ1) is 10.3. The molecule has 1 aromatic heterocycles. The van der Waals surface area contributed by atoms with Gasteiger partial charge in [-0.15, -0.1) is 11.3 Å². The van der Waals surface area contributed by atoms with Gasteiger partial charge < -0.3 is 5.32 Å². The van der Waals surface area contributed by atoms with Crippen LogP contribution in [0.2, 0.25) is 0 Å². The zero-order valence-corrected chi connectivity index (χ0v) is 14.6. The lowest BCUT2D eigenvalue weighted by Crippen LogP contribution is -2.23. The molecule has 1 amide bonds. The van der Waals surface area contributed by atoms with Crippen LogP contribution in [0.15, 0.2) is 29.6 Å². The fraction of sp³-hybridized carbons (Fsp3) is 0.444. The number of thiazole rings is 1. The van der Waals surface area contributed by atoms with E-state index in [1.54, 1.807) is 11.3 Å². The van der Waals surface area contributed by atoms with Crippen LogP contribution in [0.25, 0.3) is 0 Å². The third kappa shape index (κ3) is 4.95. The average molecular weight is 316 g/mol. The number of nitrogens with one attached hydrogen (secondary N) is 1. The summed E-state index contributed by atoms with van der Waals surface area (Å²) in [4.78, 5) is 16.5. The topological polar surface area (TPSA) is 42.0 Å². The number of hydrogen-bond donors (Lipinski definition) is 1. The molecule has 0 aliphatic carbocycles. The van der Waals surface area contributed by atoms with Gasteiger partial charge in [-0.3, -0.25) is 4.79 Å². The minimum atomic E-state index is 0.0719. The predicted molar refractivity (Wildman–Crippen MR) is 92.2 cm³/mol. The van der Waals surface area contributed by atoms with Crippen LogP contribution in [-0.2, 0) is 23.2 Å². The number of aryl methyl sites for hydroxylation is 2. The van der Waals surface area contributed by atoms with Crippen molar-refractivity contribution in [3.63, 3.8) is 0 Å². The number of aromatic nitrogens is 1. The molecular weight excluding hydrogens is 292 g/mol. The van der Waals surface area contributed by atoms with Gasteiger partial charge >= 0.3 is 0 Å². The van der Waals surface area contributed by atoms with Crippen molar-refractivity contribution in [2.75, 3.05) is 0 Å². The number of benzene rings is 1. The van der Waals surface area contributed by atoms with Gasteiger partial charge in [0.1, 0.15) is 0 Å². The highest BCUT2D eigenvalue weighted by Crippen LogP contribution is 2.24. The summed E-state index contributed by atoms with van der Waals surface area (Å²) < 4.78 is 0. The number of carbonyl (C=O) groups is 1. The van der Waals surface area contributed by atoms with Crippen LogP contribution in [0.3, 0.4) is 0 Å². The zero-order chi connectivity index (χ0) is 16.2. The molecular formula is C18H24N2OS. The van der Waals surface area contributed by atoms with E-state index in [9.17, 15) is 4.79 Å². The van der Waals surface area contributed by atoms with Crippen molar-refractivity contribution in [3.05, 3.63) is 51.5 Å². The molecule has 1 heterocycles. The molecule has 0 fully saturated rings. The number of rotatable bonds is 5. The van der Waals surface area contributed by atoms with E-state index >= 15 is 0 Å². The second-order valence-electron chi connectivity index (χ2n) is 6.64. The zero-order valence-electron chi connectivity index (χ0n) is 13.8. The molecule has 0 unspecified atom stereocenters. The molecule has 1 N–H and O–H groups in total. The maximum atomic E-state index is 11.9. The van der Waals surface area contributed by atoms with Crippen molar-refractivity contribution in [1.82, 2.24) is 10.3 Å². The molecule has 3 nitrogen and oxygen atoms in total. The monoisotopic (exact) mass is 316 g/mol. The minimum Gasteiger partial charge on any atom is -0.352 e. The summed E-state index contributed by atoms with van der Waals surface area (Å²) in [5.41, 5.74) is 3.53. The van der Waals surface area contributed by atoms with E-state index in [-0.39, 0.29) is 11.3 Å². The summed E-state index contributed by atoms with van der Waals surface area (Å²) in [7, 11) is 0. The van der Waals surface area contributed by atoms with Crippen LogP contribution in [0.4, 0.5) is 0 Å². The first kappa shape index (κ1) is 16.7. The Morgan fingerprint density at radius 3 is 2.50 bits per heavy atom. The van der Waals surface area contributed by atoms with Gasteiger partial charge in [0.2, 0.25) is 5.91 Å². The molecule has 2 rings (SSSR count). The van der Waals surface area contributed by atoms with Crippen molar-refractivity contribution in [2.45, 2.75) is 52.5 Å². The van der Waals surface area contributed by atoms with Gasteiger partial charge in [0, 0.05) is 30.2 Å². The molecule has 118 valence electrons. The Morgan fingerprint density at radius 1 is 1.23 bits per heavy atom. The summed E-state index contributed by atoms with van der Waals surface area (Å²) in [6.45, 7) is 9.10. The highest BCUT2D eigenvalue weighted by molar-refractivity contribution is 7.09. The van der Waals surface area contributed by atoms with Gasteiger partial charge in [-0.1, -0.05) is 50.6 Å². The smallest absolute Gasteiger partial charge is 0.220 e. The van der Waals surface area contributed by atoms with Crippen molar-refractivity contribution >= 4 is 17.2 Å². The molecule has 0 spiro atoms. The Balaban J connectivity index is 1.78. The van der Waals surface area contributed by atoms with E-state index in [2.05, 4.69) is 55.5 Å². The highest BCUT2D eigenvalue weighted by atomic mass is 32.1. The predicted octanol–water partition coefficient (Wildman–Crippen LogP) is 4.00. The maximum absolute atomic E-state index is 11.9. The van der Waals surface area contributed by atoms with Gasteiger partial charge in [0.15, 0.2) is 0 Å². The number of nitrogens with zero attached hydrogens (tertiary/aromatic N) is 1. The third-order valence-electron chi connectivity index (χ3n) is 3.50. The Hall–Kier alpha value is -1.68. The van der Waals surface area contributed by atoms with Gasteiger partial charge in [-0.2, -0.15) is 0 Å². The Bertz CT molecular complexity index is 623.